The molecule has 0 spiro atoms. The third-order valence-corrected chi connectivity index (χ3v) is 1.63. The van der Waals surface area contributed by atoms with Crippen LogP contribution in [0.1, 0.15) is 11.1 Å². The standard InChI is InChI=1S/C9H11NO/c1-7-4-5-8(2)9(6-7)10(3)11/h4-6H,3H2,1-2H3. The van der Waals surface area contributed by atoms with Crippen molar-refractivity contribution in [1.29, 1.82) is 0 Å². The molecule has 0 atom stereocenters. The summed E-state index contributed by atoms with van der Waals surface area (Å²) in [6.07, 6.45) is 0. The molecule has 58 valence electrons. The van der Waals surface area contributed by atoms with Crippen molar-refractivity contribution < 1.29 is 4.74 Å². The zero-order chi connectivity index (χ0) is 8.43. The number of aryl methyl sites for hydroxylation is 2. The summed E-state index contributed by atoms with van der Waals surface area (Å²) in [6, 6.07) is 5.72. The predicted molar refractivity (Wildman–Crippen MR) is 46.3 cm³/mol. The van der Waals surface area contributed by atoms with Crippen LogP contribution in [0, 0.1) is 19.1 Å². The molecule has 2 heteroatoms. The van der Waals surface area contributed by atoms with Gasteiger partial charge in [-0.2, -0.15) is 4.74 Å². The Bertz CT molecular complexity index is 292. The fraction of sp³-hybridized carbons (Fsp3) is 0.222. The van der Waals surface area contributed by atoms with E-state index in [2.05, 4.69) is 6.72 Å². The highest BCUT2D eigenvalue weighted by atomic mass is 16.5. The maximum Gasteiger partial charge on any atom is 0.219 e. The van der Waals surface area contributed by atoms with Gasteiger partial charge in [-0.1, -0.05) is 12.1 Å². The molecule has 11 heavy (non-hydrogen) atoms. The van der Waals surface area contributed by atoms with Gasteiger partial charge in [0.1, 0.15) is 6.72 Å². The monoisotopic (exact) mass is 149 g/mol. The van der Waals surface area contributed by atoms with Gasteiger partial charge in [0, 0.05) is 11.6 Å². The minimum atomic E-state index is 0.641. The second-order valence-electron chi connectivity index (χ2n) is 2.67. The van der Waals surface area contributed by atoms with Crippen LogP contribution in [0.15, 0.2) is 18.2 Å². The zero-order valence-electron chi connectivity index (χ0n) is 6.79. The number of nitrogens with zero attached hydrogens (tertiary/aromatic N) is 1. The van der Waals surface area contributed by atoms with E-state index in [0.29, 0.717) is 10.4 Å². The molecule has 0 amide bonds. The second kappa shape index (κ2) is 2.74. The van der Waals surface area contributed by atoms with E-state index in [1.807, 2.05) is 32.0 Å². The SMILES string of the molecule is C=[N+]([O-])c1cc(C)ccc1C. The fourth-order valence-electron chi connectivity index (χ4n) is 0.988. The van der Waals surface area contributed by atoms with Crippen LogP contribution >= 0.6 is 0 Å². The number of hydrogen-bond donors (Lipinski definition) is 0. The summed E-state index contributed by atoms with van der Waals surface area (Å²) in [4.78, 5) is 0. The van der Waals surface area contributed by atoms with E-state index in [1.165, 1.54) is 0 Å². The molecule has 0 radical (unpaired) electrons. The van der Waals surface area contributed by atoms with Gasteiger partial charge in [0.2, 0.25) is 5.69 Å². The molecule has 0 aromatic heterocycles. The lowest BCUT2D eigenvalue weighted by Gasteiger charge is -2.03. The number of benzene rings is 1. The molecular weight excluding hydrogens is 138 g/mol. The van der Waals surface area contributed by atoms with Crippen molar-refractivity contribution in [2.45, 2.75) is 13.8 Å². The van der Waals surface area contributed by atoms with Crippen LogP contribution in [0.2, 0.25) is 0 Å². The molecule has 0 unspecified atom stereocenters. The Kier molecular flexibility index (Phi) is 1.94. The first-order chi connectivity index (χ1) is 5.11. The largest absolute Gasteiger partial charge is 0.619 e. The lowest BCUT2D eigenvalue weighted by molar-refractivity contribution is -0.350. The van der Waals surface area contributed by atoms with Crippen LogP contribution < -0.4 is 0 Å². The van der Waals surface area contributed by atoms with E-state index in [1.54, 1.807) is 0 Å². The van der Waals surface area contributed by atoms with Crippen LogP contribution in [0.3, 0.4) is 0 Å². The van der Waals surface area contributed by atoms with Crippen molar-refractivity contribution in [1.82, 2.24) is 0 Å². The quantitative estimate of drug-likeness (QED) is 0.260. The Morgan fingerprint density at radius 3 is 2.45 bits per heavy atom. The third kappa shape index (κ3) is 1.58. The Labute approximate surface area is 66.4 Å². The van der Waals surface area contributed by atoms with E-state index >= 15 is 0 Å². The third-order valence-electron chi connectivity index (χ3n) is 1.63. The number of rotatable bonds is 1. The van der Waals surface area contributed by atoms with Gasteiger partial charge in [0.15, 0.2) is 0 Å². The van der Waals surface area contributed by atoms with Gasteiger partial charge >= 0.3 is 0 Å². The molecule has 1 aromatic carbocycles. The first kappa shape index (κ1) is 7.79. The summed E-state index contributed by atoms with van der Waals surface area (Å²) in [7, 11) is 0. The van der Waals surface area contributed by atoms with Gasteiger partial charge in [-0.15, -0.1) is 0 Å². The highest BCUT2D eigenvalue weighted by Gasteiger charge is 2.02. The smallest absolute Gasteiger partial charge is 0.219 e. The van der Waals surface area contributed by atoms with E-state index in [9.17, 15) is 5.21 Å². The Balaban J connectivity index is 3.23. The topological polar surface area (TPSA) is 26.1 Å². The molecule has 0 fully saturated rings. The molecule has 0 N–H and O–H groups in total. The van der Waals surface area contributed by atoms with Gasteiger partial charge in [0.05, 0.1) is 0 Å². The van der Waals surface area contributed by atoms with E-state index in [4.69, 9.17) is 0 Å². The van der Waals surface area contributed by atoms with Crippen molar-refractivity contribution >= 4 is 12.4 Å². The van der Waals surface area contributed by atoms with Gasteiger partial charge in [-0.05, 0) is 19.4 Å². The average Bonchev–Trinajstić information content (AvgIpc) is 1.94. The lowest BCUT2D eigenvalue weighted by atomic mass is 10.1. The van der Waals surface area contributed by atoms with Crippen molar-refractivity contribution in [2.75, 3.05) is 0 Å². The molecular formula is C9H11NO. The van der Waals surface area contributed by atoms with Crippen molar-refractivity contribution in [3.05, 3.63) is 34.5 Å². The highest BCUT2D eigenvalue weighted by molar-refractivity contribution is 5.44. The van der Waals surface area contributed by atoms with Gasteiger partial charge in [-0.3, -0.25) is 0 Å². The van der Waals surface area contributed by atoms with Gasteiger partial charge < -0.3 is 5.21 Å². The minimum Gasteiger partial charge on any atom is -0.619 e. The van der Waals surface area contributed by atoms with Crippen LogP contribution in [-0.4, -0.2) is 11.5 Å². The second-order valence-corrected chi connectivity index (χ2v) is 2.67. The molecule has 0 bridgehead atoms. The van der Waals surface area contributed by atoms with Crippen LogP contribution in [0.5, 0.6) is 0 Å². The molecule has 0 aliphatic rings. The molecule has 0 heterocycles. The average molecular weight is 149 g/mol. The molecule has 1 rings (SSSR count). The minimum absolute atomic E-state index is 0.641. The summed E-state index contributed by atoms with van der Waals surface area (Å²) in [6.45, 7) is 7.13. The van der Waals surface area contributed by atoms with E-state index < -0.39 is 0 Å². The van der Waals surface area contributed by atoms with Crippen molar-refractivity contribution in [3.63, 3.8) is 0 Å². The molecule has 0 aliphatic carbocycles. The molecule has 0 saturated carbocycles. The van der Waals surface area contributed by atoms with Crippen LogP contribution in [0.4, 0.5) is 5.69 Å². The first-order valence-electron chi connectivity index (χ1n) is 3.46. The maximum absolute atomic E-state index is 10.8. The molecule has 2 nitrogen and oxygen atoms in total. The molecule has 1 aromatic rings. The van der Waals surface area contributed by atoms with E-state index in [-0.39, 0.29) is 0 Å². The summed E-state index contributed by atoms with van der Waals surface area (Å²) in [5.74, 6) is 0. The first-order valence-corrected chi connectivity index (χ1v) is 3.46. The molecule has 0 saturated heterocycles. The summed E-state index contributed by atoms with van der Waals surface area (Å²) < 4.78 is 0.641. The predicted octanol–water partition coefficient (Wildman–Crippen LogP) is 2.15. The van der Waals surface area contributed by atoms with Gasteiger partial charge in [0.25, 0.3) is 0 Å². The van der Waals surface area contributed by atoms with E-state index in [0.717, 1.165) is 11.1 Å². The highest BCUT2D eigenvalue weighted by Crippen LogP contribution is 2.17. The van der Waals surface area contributed by atoms with Crippen molar-refractivity contribution in [2.24, 2.45) is 0 Å². The summed E-state index contributed by atoms with van der Waals surface area (Å²) in [5, 5.41) is 10.8. The number of hydrogen-bond acceptors (Lipinski definition) is 1. The Morgan fingerprint density at radius 2 is 2.00 bits per heavy atom. The Morgan fingerprint density at radius 1 is 1.36 bits per heavy atom. The zero-order valence-corrected chi connectivity index (χ0v) is 6.79. The summed E-state index contributed by atoms with van der Waals surface area (Å²) >= 11 is 0. The van der Waals surface area contributed by atoms with Gasteiger partial charge in [-0.25, -0.2) is 0 Å². The van der Waals surface area contributed by atoms with Crippen LogP contribution in [0.25, 0.3) is 0 Å². The summed E-state index contributed by atoms with van der Waals surface area (Å²) in [5.41, 5.74) is 2.68. The fourth-order valence-corrected chi connectivity index (χ4v) is 0.988. The lowest BCUT2D eigenvalue weighted by Crippen LogP contribution is -1.92. The maximum atomic E-state index is 10.8. The van der Waals surface area contributed by atoms with Crippen LogP contribution in [-0.2, 0) is 0 Å². The van der Waals surface area contributed by atoms with Crippen molar-refractivity contribution in [3.8, 4) is 0 Å². The molecule has 0 aliphatic heterocycles. The normalized spacial score (nSPS) is 9.64. The Hall–Kier alpha value is -1.31.